The fourth-order valence-corrected chi connectivity index (χ4v) is 11.3. The number of rotatable bonds is 8. The summed E-state index contributed by atoms with van der Waals surface area (Å²) in [5, 5.41) is 0. The molecule has 0 radical (unpaired) electrons. The van der Waals surface area contributed by atoms with Crippen molar-refractivity contribution < 1.29 is 4.74 Å². The standard InChI is InChI=1S/C16H34OSi/c1-10-16(17-11-12(2)3)18(13(4)5,14(6)7)15(8)9/h13-16H,2,10-11H2,1,3-9H3. The van der Waals surface area contributed by atoms with Crippen LogP contribution in [0.5, 0.6) is 0 Å². The average Bonchev–Trinajstić information content (AvgIpc) is 2.21. The molecular weight excluding hydrogens is 236 g/mol. The molecule has 0 heterocycles. The van der Waals surface area contributed by atoms with Crippen LogP contribution in [0.1, 0.15) is 61.8 Å². The lowest BCUT2D eigenvalue weighted by Gasteiger charge is -2.48. The van der Waals surface area contributed by atoms with Crippen LogP contribution in [0.4, 0.5) is 0 Å². The fraction of sp³-hybridized carbons (Fsp3) is 0.875. The molecule has 108 valence electrons. The van der Waals surface area contributed by atoms with Gasteiger partial charge in [-0.1, -0.05) is 60.6 Å². The summed E-state index contributed by atoms with van der Waals surface area (Å²) in [6, 6.07) is 0. The molecule has 0 spiro atoms. The zero-order valence-electron chi connectivity index (χ0n) is 13.8. The summed E-state index contributed by atoms with van der Waals surface area (Å²) in [6.45, 7) is 23.4. The molecule has 0 bridgehead atoms. The molecule has 0 aromatic carbocycles. The van der Waals surface area contributed by atoms with Gasteiger partial charge in [-0.15, -0.1) is 0 Å². The Bertz CT molecular complexity index is 234. The lowest BCUT2D eigenvalue weighted by Crippen LogP contribution is -2.56. The summed E-state index contributed by atoms with van der Waals surface area (Å²) < 4.78 is 6.26. The SMILES string of the molecule is C=C(C)COC(CC)[Si](C(C)C)(C(C)C)C(C)C. The van der Waals surface area contributed by atoms with Crippen molar-refractivity contribution in [2.45, 2.75) is 84.2 Å². The van der Waals surface area contributed by atoms with Crippen molar-refractivity contribution in [3.63, 3.8) is 0 Å². The quantitative estimate of drug-likeness (QED) is 0.413. The lowest BCUT2D eigenvalue weighted by molar-refractivity contribution is 0.111. The topological polar surface area (TPSA) is 9.23 Å². The molecule has 1 nitrogen and oxygen atoms in total. The van der Waals surface area contributed by atoms with E-state index in [4.69, 9.17) is 4.74 Å². The van der Waals surface area contributed by atoms with E-state index in [-0.39, 0.29) is 0 Å². The molecule has 0 aromatic heterocycles. The summed E-state index contributed by atoms with van der Waals surface area (Å²) in [4.78, 5) is 0. The Morgan fingerprint density at radius 3 is 1.61 bits per heavy atom. The highest BCUT2D eigenvalue weighted by molar-refractivity contribution is 6.84. The second-order valence-corrected chi connectivity index (χ2v) is 12.7. The summed E-state index contributed by atoms with van der Waals surface area (Å²) in [5.41, 5.74) is 3.86. The molecule has 18 heavy (non-hydrogen) atoms. The van der Waals surface area contributed by atoms with Gasteiger partial charge in [0.1, 0.15) is 0 Å². The Kier molecular flexibility index (Phi) is 7.46. The van der Waals surface area contributed by atoms with E-state index in [9.17, 15) is 0 Å². The van der Waals surface area contributed by atoms with Gasteiger partial charge in [-0.3, -0.25) is 0 Å². The first-order valence-electron chi connectivity index (χ1n) is 7.47. The van der Waals surface area contributed by atoms with Crippen molar-refractivity contribution in [2.75, 3.05) is 6.61 Å². The Morgan fingerprint density at radius 1 is 1.00 bits per heavy atom. The molecule has 1 unspecified atom stereocenters. The summed E-state index contributed by atoms with van der Waals surface area (Å²) in [6.07, 6.45) is 1.13. The predicted molar refractivity (Wildman–Crippen MR) is 85.9 cm³/mol. The Hall–Kier alpha value is -0.0831. The van der Waals surface area contributed by atoms with Crippen LogP contribution in [0, 0.1) is 0 Å². The van der Waals surface area contributed by atoms with Crippen molar-refractivity contribution in [1.29, 1.82) is 0 Å². The molecule has 0 fully saturated rings. The van der Waals surface area contributed by atoms with Crippen molar-refractivity contribution in [3.05, 3.63) is 12.2 Å². The molecule has 0 amide bonds. The van der Waals surface area contributed by atoms with Gasteiger partial charge in [0, 0.05) is 5.73 Å². The third-order valence-electron chi connectivity index (χ3n) is 4.46. The minimum absolute atomic E-state index is 0.453. The Morgan fingerprint density at radius 2 is 1.39 bits per heavy atom. The predicted octanol–water partition coefficient (Wildman–Crippen LogP) is 5.58. The summed E-state index contributed by atoms with van der Waals surface area (Å²) >= 11 is 0. The molecular formula is C16H34OSi. The van der Waals surface area contributed by atoms with Crippen LogP contribution in [-0.2, 0) is 4.74 Å². The van der Waals surface area contributed by atoms with Crippen LogP contribution in [-0.4, -0.2) is 20.4 Å². The Balaban J connectivity index is 5.29. The molecule has 0 aliphatic rings. The van der Waals surface area contributed by atoms with Gasteiger partial charge < -0.3 is 4.74 Å². The molecule has 1 atom stereocenters. The van der Waals surface area contributed by atoms with E-state index in [1.54, 1.807) is 0 Å². The van der Waals surface area contributed by atoms with Crippen LogP contribution >= 0.6 is 0 Å². The van der Waals surface area contributed by atoms with Gasteiger partial charge in [-0.25, -0.2) is 0 Å². The van der Waals surface area contributed by atoms with E-state index >= 15 is 0 Å². The normalized spacial score (nSPS) is 14.6. The maximum Gasteiger partial charge on any atom is 0.0951 e. The van der Waals surface area contributed by atoms with Crippen LogP contribution < -0.4 is 0 Å². The minimum Gasteiger partial charge on any atom is -0.377 e. The molecule has 0 N–H and O–H groups in total. The molecule has 0 aromatic rings. The number of hydrogen-bond donors (Lipinski definition) is 0. The van der Waals surface area contributed by atoms with Gasteiger partial charge in [0.25, 0.3) is 0 Å². The first-order valence-corrected chi connectivity index (χ1v) is 9.78. The third kappa shape index (κ3) is 3.71. The summed E-state index contributed by atoms with van der Waals surface area (Å²) in [7, 11) is -1.49. The van der Waals surface area contributed by atoms with Gasteiger partial charge in [0.15, 0.2) is 0 Å². The smallest absolute Gasteiger partial charge is 0.0951 e. The van der Waals surface area contributed by atoms with E-state index in [2.05, 4.69) is 62.0 Å². The van der Waals surface area contributed by atoms with Crippen molar-refractivity contribution in [2.24, 2.45) is 0 Å². The highest BCUT2D eigenvalue weighted by atomic mass is 28.3. The van der Waals surface area contributed by atoms with E-state index in [0.29, 0.717) is 5.73 Å². The van der Waals surface area contributed by atoms with E-state index in [1.807, 2.05) is 0 Å². The van der Waals surface area contributed by atoms with Crippen LogP contribution in [0.25, 0.3) is 0 Å². The minimum atomic E-state index is -1.49. The maximum atomic E-state index is 6.26. The van der Waals surface area contributed by atoms with Crippen LogP contribution in [0.3, 0.4) is 0 Å². The van der Waals surface area contributed by atoms with Crippen molar-refractivity contribution in [1.82, 2.24) is 0 Å². The number of hydrogen-bond acceptors (Lipinski definition) is 1. The largest absolute Gasteiger partial charge is 0.377 e. The zero-order valence-corrected chi connectivity index (χ0v) is 14.8. The van der Waals surface area contributed by atoms with Gasteiger partial charge in [0.2, 0.25) is 0 Å². The Labute approximate surface area is 116 Å². The van der Waals surface area contributed by atoms with Gasteiger partial charge in [-0.05, 0) is 30.0 Å². The molecule has 2 heteroatoms. The average molecular weight is 271 g/mol. The van der Waals surface area contributed by atoms with Gasteiger partial charge in [-0.2, -0.15) is 0 Å². The van der Waals surface area contributed by atoms with Crippen molar-refractivity contribution in [3.8, 4) is 0 Å². The van der Waals surface area contributed by atoms with Crippen LogP contribution in [0.2, 0.25) is 16.6 Å². The monoisotopic (exact) mass is 270 g/mol. The lowest BCUT2D eigenvalue weighted by atomic mass is 10.4. The van der Waals surface area contributed by atoms with Crippen LogP contribution in [0.15, 0.2) is 12.2 Å². The second kappa shape index (κ2) is 7.49. The maximum absolute atomic E-state index is 6.26. The summed E-state index contributed by atoms with van der Waals surface area (Å²) in [5.74, 6) is 0. The second-order valence-electron chi connectivity index (χ2n) is 6.63. The highest BCUT2D eigenvalue weighted by Crippen LogP contribution is 2.45. The molecule has 0 aliphatic carbocycles. The molecule has 0 saturated heterocycles. The van der Waals surface area contributed by atoms with E-state index in [1.165, 1.54) is 0 Å². The number of ether oxygens (including phenoxy) is 1. The van der Waals surface area contributed by atoms with E-state index in [0.717, 1.165) is 35.2 Å². The zero-order chi connectivity index (χ0) is 14.5. The van der Waals surface area contributed by atoms with Crippen molar-refractivity contribution >= 4 is 8.07 Å². The first kappa shape index (κ1) is 17.9. The fourth-order valence-electron chi connectivity index (χ4n) is 3.97. The highest BCUT2D eigenvalue weighted by Gasteiger charge is 2.48. The van der Waals surface area contributed by atoms with Gasteiger partial charge >= 0.3 is 0 Å². The first-order chi connectivity index (χ1) is 8.21. The third-order valence-corrected chi connectivity index (χ3v) is 12.1. The molecule has 0 saturated carbocycles. The van der Waals surface area contributed by atoms with E-state index < -0.39 is 8.07 Å². The molecule has 0 aliphatic heterocycles. The molecule has 0 rings (SSSR count). The van der Waals surface area contributed by atoms with Gasteiger partial charge in [0.05, 0.1) is 14.7 Å².